The molecule has 24 nitrogen and oxygen atoms in total. The van der Waals surface area contributed by atoms with Gasteiger partial charge in [0.15, 0.2) is 0 Å². The molecule has 6 rings (SSSR count). The highest BCUT2D eigenvalue weighted by Gasteiger charge is 2.36. The molecule has 7 amide bonds. The van der Waals surface area contributed by atoms with Gasteiger partial charge in [0, 0.05) is 70.6 Å². The van der Waals surface area contributed by atoms with Crippen molar-refractivity contribution in [3.8, 4) is 0 Å². The number of hydrogen-bond acceptors (Lipinski definition) is 11. The van der Waals surface area contributed by atoms with E-state index in [-0.39, 0.29) is 19.3 Å². The molecule has 0 saturated heterocycles. The van der Waals surface area contributed by atoms with Crippen LogP contribution in [-0.2, 0) is 67.2 Å². The minimum Gasteiger partial charge on any atom is -0.481 e. The van der Waals surface area contributed by atoms with E-state index in [2.05, 4.69) is 52.2 Å². The van der Waals surface area contributed by atoms with E-state index in [1.807, 2.05) is 36.4 Å². The lowest BCUT2D eigenvalue weighted by atomic mass is 9.98. The quantitative estimate of drug-likeness (QED) is 0.0318. The van der Waals surface area contributed by atoms with Gasteiger partial charge in [-0.2, -0.15) is 0 Å². The number of amides is 7. The molecule has 3 aromatic heterocycles. The van der Waals surface area contributed by atoms with Gasteiger partial charge < -0.3 is 73.2 Å². The summed E-state index contributed by atoms with van der Waals surface area (Å²) >= 11 is 0. The van der Waals surface area contributed by atoms with Crippen LogP contribution in [0.5, 0.6) is 0 Å². The van der Waals surface area contributed by atoms with E-state index in [0.717, 1.165) is 21.8 Å². The van der Waals surface area contributed by atoms with Gasteiger partial charge in [0.25, 0.3) is 0 Å². The van der Waals surface area contributed by atoms with Gasteiger partial charge in [-0.15, -0.1) is 0 Å². The van der Waals surface area contributed by atoms with Crippen LogP contribution in [0.1, 0.15) is 70.1 Å². The molecule has 0 fully saturated rings. The second-order valence-corrected chi connectivity index (χ2v) is 19.8. The maximum Gasteiger partial charge on any atom is 0.326 e. The van der Waals surface area contributed by atoms with Crippen LogP contribution in [0.3, 0.4) is 0 Å². The van der Waals surface area contributed by atoms with Crippen LogP contribution in [0.2, 0.25) is 0 Å². The SMILES string of the molecule is CC[C@H](C)[C@H](NC(=O)[C@H](Cc1c[nH]c2ccccc12)NC(=O)CNC(=O)[C@@H](NC(=O)[C@H](Cc1c[nH]c2ccccc12)NC(=O)[C@H](CC(=O)O)NC(=O)[C@H](CCC(=O)O)NC(=O)[C@@H](N)Cc1c[nH]c2ccccc12)C(C)C)C(=O)O. The van der Waals surface area contributed by atoms with Crippen LogP contribution >= 0.6 is 0 Å². The molecule has 8 atom stereocenters. The van der Waals surface area contributed by atoms with E-state index < -0.39 is 139 Å². The number of carboxylic acid groups (broad SMARTS) is 3. The van der Waals surface area contributed by atoms with E-state index in [0.29, 0.717) is 34.0 Å². The van der Waals surface area contributed by atoms with Crippen LogP contribution in [-0.4, -0.2) is 138 Å². The summed E-state index contributed by atoms with van der Waals surface area (Å²) in [5.74, 6) is -11.7. The Morgan fingerprint density at radius 3 is 1.41 bits per heavy atom. The summed E-state index contributed by atoms with van der Waals surface area (Å²) in [4.78, 5) is 143. The van der Waals surface area contributed by atoms with Crippen molar-refractivity contribution in [3.05, 3.63) is 108 Å². The Morgan fingerprint density at radius 1 is 0.506 bits per heavy atom. The van der Waals surface area contributed by atoms with Gasteiger partial charge in [-0.1, -0.05) is 88.7 Å². The fourth-order valence-electron chi connectivity index (χ4n) is 9.08. The molecular formula is C55H67N11O13. The number of nitrogens with one attached hydrogen (secondary N) is 10. The van der Waals surface area contributed by atoms with Crippen LogP contribution in [0.25, 0.3) is 32.7 Å². The van der Waals surface area contributed by atoms with Crippen LogP contribution in [0.15, 0.2) is 91.4 Å². The van der Waals surface area contributed by atoms with Gasteiger partial charge in [0.1, 0.15) is 36.3 Å². The van der Waals surface area contributed by atoms with Crippen molar-refractivity contribution >= 4 is 92.0 Å². The molecule has 24 heteroatoms. The second-order valence-electron chi connectivity index (χ2n) is 19.8. The number of benzene rings is 3. The Labute approximate surface area is 453 Å². The van der Waals surface area contributed by atoms with Gasteiger partial charge in [-0.05, 0) is 59.6 Å². The summed E-state index contributed by atoms with van der Waals surface area (Å²) in [6, 6.07) is 11.3. The number of hydrogen-bond donors (Lipinski definition) is 14. The molecule has 0 aliphatic heterocycles. The third kappa shape index (κ3) is 16.0. The van der Waals surface area contributed by atoms with E-state index in [4.69, 9.17) is 5.73 Å². The largest absolute Gasteiger partial charge is 0.481 e. The van der Waals surface area contributed by atoms with Gasteiger partial charge >= 0.3 is 17.9 Å². The number of H-pyrrole nitrogens is 3. The zero-order chi connectivity index (χ0) is 57.5. The second kappa shape index (κ2) is 27.3. The number of carbonyl (C=O) groups excluding carboxylic acids is 7. The fourth-order valence-corrected chi connectivity index (χ4v) is 9.08. The molecular weight excluding hydrogens is 1020 g/mol. The molecule has 0 spiro atoms. The van der Waals surface area contributed by atoms with E-state index in [1.54, 1.807) is 82.7 Å². The highest BCUT2D eigenvalue weighted by atomic mass is 16.4. The lowest BCUT2D eigenvalue weighted by molar-refractivity contribution is -0.144. The first kappa shape index (κ1) is 59.2. The zero-order valence-corrected chi connectivity index (χ0v) is 44.0. The average Bonchev–Trinajstić information content (AvgIpc) is 4.18. The Balaban J connectivity index is 1.17. The third-order valence-electron chi connectivity index (χ3n) is 13.7. The van der Waals surface area contributed by atoms with Gasteiger partial charge in [0.05, 0.1) is 19.0 Å². The lowest BCUT2D eigenvalue weighted by Crippen LogP contribution is -2.60. The Hall–Kier alpha value is -9.06. The topological polar surface area (TPSA) is 389 Å². The van der Waals surface area contributed by atoms with E-state index in [1.165, 1.54) is 0 Å². The summed E-state index contributed by atoms with van der Waals surface area (Å²) in [6.45, 7) is 5.94. The van der Waals surface area contributed by atoms with Crippen molar-refractivity contribution in [2.75, 3.05) is 6.54 Å². The molecule has 0 saturated carbocycles. The first-order valence-corrected chi connectivity index (χ1v) is 25.8. The van der Waals surface area contributed by atoms with Crippen LogP contribution < -0.4 is 43.0 Å². The molecule has 420 valence electrons. The number of aromatic nitrogens is 3. The average molecular weight is 1090 g/mol. The number of carboxylic acids is 3. The van der Waals surface area contributed by atoms with E-state index >= 15 is 0 Å². The Bertz CT molecular complexity index is 3200. The van der Waals surface area contributed by atoms with Crippen LogP contribution in [0, 0.1) is 11.8 Å². The molecule has 0 aliphatic rings. The molecule has 0 bridgehead atoms. The maximum absolute atomic E-state index is 14.5. The highest BCUT2D eigenvalue weighted by molar-refractivity contribution is 5.99. The molecule has 15 N–H and O–H groups in total. The highest BCUT2D eigenvalue weighted by Crippen LogP contribution is 2.22. The van der Waals surface area contributed by atoms with Crippen molar-refractivity contribution in [2.45, 2.75) is 115 Å². The molecule has 79 heavy (non-hydrogen) atoms. The number of aromatic amines is 3. The number of aliphatic carboxylic acids is 3. The number of para-hydroxylation sites is 3. The number of rotatable bonds is 29. The zero-order valence-electron chi connectivity index (χ0n) is 44.0. The third-order valence-corrected chi connectivity index (χ3v) is 13.7. The number of nitrogens with two attached hydrogens (primary N) is 1. The van der Waals surface area contributed by atoms with Gasteiger partial charge in [-0.25, -0.2) is 4.79 Å². The summed E-state index contributed by atoms with van der Waals surface area (Å²) in [5.41, 5.74) is 10.3. The summed E-state index contributed by atoms with van der Waals surface area (Å²) in [6.07, 6.45) is 2.97. The number of carbonyl (C=O) groups is 10. The molecule has 0 unspecified atom stereocenters. The smallest absolute Gasteiger partial charge is 0.326 e. The molecule has 3 heterocycles. The van der Waals surface area contributed by atoms with Crippen LogP contribution in [0.4, 0.5) is 0 Å². The van der Waals surface area contributed by atoms with Crippen molar-refractivity contribution in [2.24, 2.45) is 17.6 Å². The lowest BCUT2D eigenvalue weighted by Gasteiger charge is -2.27. The van der Waals surface area contributed by atoms with E-state index in [9.17, 15) is 63.3 Å². The van der Waals surface area contributed by atoms with Gasteiger partial charge in [-0.3, -0.25) is 43.2 Å². The standard InChI is InChI=1S/C55H67N11O13/c1-5-29(4)48(55(78)79)66-52(75)41(21-31-25-58-38-16-10-7-13-34(31)38)61-44(67)27-60-54(77)47(28(2)3)65-53(76)42(22-32-26-59-39-17-11-8-14-35(32)39)63-51(74)43(23-46(70)71)64-50(73)40(18-19-45(68)69)62-49(72)36(56)20-30-24-57-37-15-9-6-12-33(30)37/h6-17,24-26,28-29,36,40-43,47-48,57-59H,5,18-23,27,56H2,1-4H3,(H,60,77)(H,61,67)(H,62,72)(H,63,74)(H,64,73)(H,65,76)(H,66,75)(H,68,69)(H,70,71)(H,78,79)/t29-,36-,40-,41-,42-,43-,47-,48-/m0/s1. The van der Waals surface area contributed by atoms with Crippen molar-refractivity contribution in [1.82, 2.24) is 52.2 Å². The predicted molar refractivity (Wildman–Crippen MR) is 290 cm³/mol. The summed E-state index contributed by atoms with van der Waals surface area (Å²) in [7, 11) is 0. The first-order chi connectivity index (χ1) is 37.6. The minimum absolute atomic E-state index is 0.0198. The summed E-state index contributed by atoms with van der Waals surface area (Å²) in [5, 5.41) is 49.1. The van der Waals surface area contributed by atoms with Gasteiger partial charge in [0.2, 0.25) is 41.4 Å². The Kier molecular flexibility index (Phi) is 20.5. The van der Waals surface area contributed by atoms with Crippen molar-refractivity contribution in [1.29, 1.82) is 0 Å². The normalized spacial score (nSPS) is 14.4. The molecule has 0 radical (unpaired) electrons. The Morgan fingerprint density at radius 2 is 0.937 bits per heavy atom. The summed E-state index contributed by atoms with van der Waals surface area (Å²) < 4.78 is 0. The predicted octanol–water partition coefficient (Wildman–Crippen LogP) is 1.64. The minimum atomic E-state index is -1.90. The fraction of sp³-hybridized carbons (Fsp3) is 0.382. The monoisotopic (exact) mass is 1090 g/mol. The first-order valence-electron chi connectivity index (χ1n) is 25.8. The molecule has 3 aromatic carbocycles. The maximum atomic E-state index is 14.5. The molecule has 6 aromatic rings. The van der Waals surface area contributed by atoms with Crippen molar-refractivity contribution < 1.29 is 63.3 Å². The van der Waals surface area contributed by atoms with Crippen molar-refractivity contribution in [3.63, 3.8) is 0 Å². The molecule has 0 aliphatic carbocycles. The number of fused-ring (bicyclic) bond motifs is 3.